The van der Waals surface area contributed by atoms with Crippen molar-refractivity contribution in [2.45, 2.75) is 45.5 Å². The molecule has 1 aromatic heterocycles. The first-order chi connectivity index (χ1) is 9.97. The number of aliphatic hydroxyl groups excluding tert-OH is 1. The van der Waals surface area contributed by atoms with Crippen LogP contribution in [0.25, 0.3) is 0 Å². The molecule has 0 spiro atoms. The number of aromatic nitrogens is 3. The Hall–Kier alpha value is -1.46. The second kappa shape index (κ2) is 9.47. The molecule has 116 valence electrons. The zero-order chi connectivity index (χ0) is 15.7. The third kappa shape index (κ3) is 8.42. The Morgan fingerprint density at radius 2 is 1.90 bits per heavy atom. The molecule has 0 amide bonds. The van der Waals surface area contributed by atoms with Crippen molar-refractivity contribution in [1.82, 2.24) is 14.8 Å². The van der Waals surface area contributed by atoms with Gasteiger partial charge in [0.1, 0.15) is 18.8 Å². The monoisotopic (exact) mass is 313 g/mol. The Kier molecular flexibility index (Phi) is 7.93. The lowest BCUT2D eigenvalue weighted by Gasteiger charge is -2.08. The van der Waals surface area contributed by atoms with Gasteiger partial charge < -0.3 is 5.11 Å². The van der Waals surface area contributed by atoms with Gasteiger partial charge >= 0.3 is 0 Å². The maximum Gasteiger partial charge on any atom is 0.137 e. The van der Waals surface area contributed by atoms with E-state index in [0.717, 1.165) is 5.56 Å². The number of nitrogens with zero attached hydrogens (tertiary/aromatic N) is 3. The van der Waals surface area contributed by atoms with Gasteiger partial charge in [0.05, 0.1) is 0 Å². The fraction of sp³-hybridized carbons (Fsp3) is 0.467. The van der Waals surface area contributed by atoms with E-state index in [0.29, 0.717) is 24.4 Å². The van der Waals surface area contributed by atoms with Crippen molar-refractivity contribution in [3.63, 3.8) is 0 Å². The maximum atomic E-state index is 13.7. The Labute approximate surface area is 129 Å². The van der Waals surface area contributed by atoms with Crippen molar-refractivity contribution in [1.29, 1.82) is 0 Å². The molecule has 0 aliphatic heterocycles. The lowest BCUT2D eigenvalue weighted by Crippen LogP contribution is -2.10. The lowest BCUT2D eigenvalue weighted by molar-refractivity contribution is 0.216. The molecule has 6 heteroatoms. The number of aryl methyl sites for hydroxylation is 1. The van der Waals surface area contributed by atoms with E-state index in [-0.39, 0.29) is 6.10 Å². The molecule has 0 fully saturated rings. The number of aliphatic hydroxyl groups is 1. The van der Waals surface area contributed by atoms with E-state index in [2.05, 4.69) is 10.1 Å². The molecular formula is C15H21ClFN3O. The predicted octanol–water partition coefficient (Wildman–Crippen LogP) is 3.29. The Morgan fingerprint density at radius 1 is 1.29 bits per heavy atom. The number of hydrogen-bond acceptors (Lipinski definition) is 3. The largest absolute Gasteiger partial charge is 0.394 e. The van der Waals surface area contributed by atoms with Crippen molar-refractivity contribution < 1.29 is 9.50 Å². The summed E-state index contributed by atoms with van der Waals surface area (Å²) in [5, 5.41) is 12.7. The molecule has 1 aromatic carbocycles. The second-order valence-electron chi connectivity index (χ2n) is 4.97. The molecule has 1 unspecified atom stereocenters. The predicted molar refractivity (Wildman–Crippen MR) is 82.0 cm³/mol. The van der Waals surface area contributed by atoms with Gasteiger partial charge in [-0.3, -0.25) is 4.68 Å². The summed E-state index contributed by atoms with van der Waals surface area (Å²) in [4.78, 5) is 3.81. The van der Waals surface area contributed by atoms with Gasteiger partial charge in [0.15, 0.2) is 0 Å². The highest BCUT2D eigenvalue weighted by Gasteiger charge is 2.08. The van der Waals surface area contributed by atoms with Crippen LogP contribution in [0.5, 0.6) is 0 Å². The molecule has 2 aromatic rings. The van der Waals surface area contributed by atoms with E-state index < -0.39 is 6.17 Å². The number of halogens is 2. The molecule has 2 rings (SSSR count). The number of rotatable bonds is 5. The standard InChI is InChI=1S/C12H13ClFN3.C3H8O/c13-11-3-1-10(2-4-11)7-12(14)5-6-17-9-15-8-16-17;1-3(2)4/h1-4,8-9,12H,5-7H2;3-4H,1-2H3. The number of hydrogen-bond donors (Lipinski definition) is 1. The third-order valence-electron chi connectivity index (χ3n) is 2.51. The van der Waals surface area contributed by atoms with Gasteiger partial charge in [-0.2, -0.15) is 5.10 Å². The summed E-state index contributed by atoms with van der Waals surface area (Å²) in [5.74, 6) is 0. The average Bonchev–Trinajstić information content (AvgIpc) is 2.92. The van der Waals surface area contributed by atoms with Gasteiger partial charge in [-0.25, -0.2) is 9.37 Å². The summed E-state index contributed by atoms with van der Waals surface area (Å²) in [7, 11) is 0. The number of benzene rings is 1. The van der Waals surface area contributed by atoms with Crippen LogP contribution >= 0.6 is 11.6 Å². The number of alkyl halides is 1. The van der Waals surface area contributed by atoms with E-state index in [1.807, 2.05) is 12.1 Å². The van der Waals surface area contributed by atoms with E-state index in [1.165, 1.54) is 6.33 Å². The van der Waals surface area contributed by atoms with Gasteiger partial charge in [-0.15, -0.1) is 0 Å². The van der Waals surface area contributed by atoms with Crippen LogP contribution in [0.3, 0.4) is 0 Å². The molecule has 0 saturated carbocycles. The molecule has 0 aliphatic carbocycles. The Bertz CT molecular complexity index is 485. The summed E-state index contributed by atoms with van der Waals surface area (Å²) in [6.45, 7) is 3.99. The van der Waals surface area contributed by atoms with Gasteiger partial charge in [0.2, 0.25) is 0 Å². The highest BCUT2D eigenvalue weighted by molar-refractivity contribution is 6.30. The first-order valence-corrected chi connectivity index (χ1v) is 7.24. The Morgan fingerprint density at radius 3 is 2.43 bits per heavy atom. The summed E-state index contributed by atoms with van der Waals surface area (Å²) in [6, 6.07) is 7.26. The summed E-state index contributed by atoms with van der Waals surface area (Å²) in [5.41, 5.74) is 0.959. The van der Waals surface area contributed by atoms with Gasteiger partial charge in [0, 0.05) is 24.1 Å². The summed E-state index contributed by atoms with van der Waals surface area (Å²) in [6.07, 6.45) is 2.85. The minimum atomic E-state index is -0.875. The molecule has 1 atom stereocenters. The van der Waals surface area contributed by atoms with Crippen molar-refractivity contribution in [3.8, 4) is 0 Å². The molecular weight excluding hydrogens is 293 g/mol. The van der Waals surface area contributed by atoms with Crippen LogP contribution < -0.4 is 0 Å². The van der Waals surface area contributed by atoms with E-state index in [1.54, 1.807) is 37.0 Å². The minimum absolute atomic E-state index is 0.167. The molecule has 1 N–H and O–H groups in total. The van der Waals surface area contributed by atoms with Crippen molar-refractivity contribution in [2.24, 2.45) is 0 Å². The van der Waals surface area contributed by atoms with Crippen LogP contribution in [0, 0.1) is 0 Å². The first-order valence-electron chi connectivity index (χ1n) is 6.86. The van der Waals surface area contributed by atoms with Gasteiger partial charge in [-0.1, -0.05) is 23.7 Å². The highest BCUT2D eigenvalue weighted by atomic mass is 35.5. The van der Waals surface area contributed by atoms with Crippen LogP contribution in [0.2, 0.25) is 5.02 Å². The van der Waals surface area contributed by atoms with Crippen LogP contribution in [0.4, 0.5) is 4.39 Å². The van der Waals surface area contributed by atoms with Crippen molar-refractivity contribution in [3.05, 3.63) is 47.5 Å². The molecule has 0 bridgehead atoms. The fourth-order valence-corrected chi connectivity index (χ4v) is 1.72. The van der Waals surface area contributed by atoms with E-state index in [4.69, 9.17) is 16.7 Å². The minimum Gasteiger partial charge on any atom is -0.394 e. The molecule has 0 aliphatic rings. The zero-order valence-corrected chi connectivity index (χ0v) is 13.0. The van der Waals surface area contributed by atoms with Gasteiger partial charge in [-0.05, 0) is 38.0 Å². The van der Waals surface area contributed by atoms with Crippen molar-refractivity contribution in [2.75, 3.05) is 0 Å². The molecule has 0 radical (unpaired) electrons. The summed E-state index contributed by atoms with van der Waals surface area (Å²) < 4.78 is 15.3. The van der Waals surface area contributed by atoms with Crippen LogP contribution in [0.15, 0.2) is 36.9 Å². The first kappa shape index (κ1) is 17.6. The molecule has 21 heavy (non-hydrogen) atoms. The van der Waals surface area contributed by atoms with E-state index >= 15 is 0 Å². The lowest BCUT2D eigenvalue weighted by atomic mass is 10.1. The Balaban J connectivity index is 0.000000491. The maximum absolute atomic E-state index is 13.7. The van der Waals surface area contributed by atoms with Crippen LogP contribution in [-0.2, 0) is 13.0 Å². The summed E-state index contributed by atoms with van der Waals surface area (Å²) >= 11 is 5.76. The topological polar surface area (TPSA) is 50.9 Å². The van der Waals surface area contributed by atoms with Gasteiger partial charge in [0.25, 0.3) is 0 Å². The average molecular weight is 314 g/mol. The fourth-order valence-electron chi connectivity index (χ4n) is 1.60. The van der Waals surface area contributed by atoms with Crippen LogP contribution in [-0.4, -0.2) is 32.1 Å². The van der Waals surface area contributed by atoms with Crippen molar-refractivity contribution >= 4 is 11.6 Å². The highest BCUT2D eigenvalue weighted by Crippen LogP contribution is 2.13. The second-order valence-corrected chi connectivity index (χ2v) is 5.41. The SMILES string of the molecule is CC(C)O.FC(CCn1cncn1)Cc1ccc(Cl)cc1. The quantitative estimate of drug-likeness (QED) is 0.921. The smallest absolute Gasteiger partial charge is 0.137 e. The van der Waals surface area contributed by atoms with E-state index in [9.17, 15) is 4.39 Å². The molecule has 0 saturated heterocycles. The van der Waals surface area contributed by atoms with Crippen LogP contribution in [0.1, 0.15) is 25.8 Å². The zero-order valence-electron chi connectivity index (χ0n) is 12.3. The molecule has 4 nitrogen and oxygen atoms in total. The normalized spacial score (nSPS) is 11.9. The third-order valence-corrected chi connectivity index (χ3v) is 2.76. The molecule has 1 heterocycles.